The number of ether oxygens (including phenoxy) is 4. The van der Waals surface area contributed by atoms with Crippen LogP contribution in [0.3, 0.4) is 0 Å². The Morgan fingerprint density at radius 3 is 2.58 bits per heavy atom. The molecular weight excluding hydrogens is 472 g/mol. The molecular formula is C24H38N4O8. The summed E-state index contributed by atoms with van der Waals surface area (Å²) < 4.78 is 22.7. The summed E-state index contributed by atoms with van der Waals surface area (Å²) in [6.07, 6.45) is 3.18. The third-order valence-electron chi connectivity index (χ3n) is 5.63. The van der Waals surface area contributed by atoms with Crippen LogP contribution in [0.1, 0.15) is 27.2 Å². The number of nitrogens with zero attached hydrogens (tertiary/aromatic N) is 2. The van der Waals surface area contributed by atoms with Crippen molar-refractivity contribution in [3.63, 3.8) is 0 Å². The summed E-state index contributed by atoms with van der Waals surface area (Å²) in [4.78, 5) is 27.0. The highest BCUT2D eigenvalue weighted by atomic mass is 16.7. The molecule has 0 aromatic carbocycles. The van der Waals surface area contributed by atoms with Gasteiger partial charge in [-0.25, -0.2) is 4.98 Å². The Kier molecular flexibility index (Phi) is 13.1. The number of nitro groups is 1. The Morgan fingerprint density at radius 2 is 1.97 bits per heavy atom. The number of anilines is 1. The minimum Gasteiger partial charge on any atom is -0.459 e. The molecule has 2 heterocycles. The third-order valence-corrected chi connectivity index (χ3v) is 5.63. The number of carbonyl (C=O) groups excluding carboxylic acids is 1. The highest BCUT2D eigenvalue weighted by Gasteiger charge is 2.38. The van der Waals surface area contributed by atoms with Gasteiger partial charge in [-0.15, -0.1) is 0 Å². The second-order valence-corrected chi connectivity index (χ2v) is 8.54. The second-order valence-electron chi connectivity index (χ2n) is 8.54. The molecule has 36 heavy (non-hydrogen) atoms. The number of rotatable bonds is 17. The van der Waals surface area contributed by atoms with E-state index in [2.05, 4.69) is 29.5 Å². The van der Waals surface area contributed by atoms with Crippen LogP contribution in [0.2, 0.25) is 0 Å². The SMILES string of the molecule is CCO[C@H]1OC(C(=O)NCCNc2ccc([N+](=O)[O-])cn2)=C[C@@H](C(C)C)[C@@H]1CCOCCOCCO. The average Bonchev–Trinajstić information content (AvgIpc) is 2.86. The zero-order chi connectivity index (χ0) is 26.3. The van der Waals surface area contributed by atoms with E-state index in [1.165, 1.54) is 18.3 Å². The van der Waals surface area contributed by atoms with E-state index < -0.39 is 11.2 Å². The maximum atomic E-state index is 12.8. The molecule has 3 atom stereocenters. The van der Waals surface area contributed by atoms with Gasteiger partial charge in [-0.3, -0.25) is 14.9 Å². The molecule has 0 unspecified atom stereocenters. The summed E-state index contributed by atoms with van der Waals surface area (Å²) in [7, 11) is 0. The van der Waals surface area contributed by atoms with Gasteiger partial charge >= 0.3 is 0 Å². The summed E-state index contributed by atoms with van der Waals surface area (Å²) in [5.74, 6) is 0.717. The van der Waals surface area contributed by atoms with Gasteiger partial charge in [0.1, 0.15) is 12.0 Å². The number of hydrogen-bond acceptors (Lipinski definition) is 10. The Morgan fingerprint density at radius 1 is 1.22 bits per heavy atom. The van der Waals surface area contributed by atoms with Crippen LogP contribution in [0.25, 0.3) is 0 Å². The summed E-state index contributed by atoms with van der Waals surface area (Å²) in [6, 6.07) is 2.87. The lowest BCUT2D eigenvalue weighted by atomic mass is 9.79. The van der Waals surface area contributed by atoms with Gasteiger partial charge in [0.25, 0.3) is 11.6 Å². The summed E-state index contributed by atoms with van der Waals surface area (Å²) >= 11 is 0. The standard InChI is InChI=1S/C24H38N4O8/c1-4-35-24-19(7-11-33-13-14-34-12-10-29)20(17(2)3)15-21(36-24)23(30)26-9-8-25-22-6-5-18(16-27-22)28(31)32/h5-6,15-17,19-20,24,29H,4,7-14H2,1-3H3,(H,25,27)(H,26,30)/t19-,20-,24-/m0/s1. The minimum absolute atomic E-state index is 0.0126. The number of nitrogens with one attached hydrogen (secondary N) is 2. The smallest absolute Gasteiger partial charge is 0.287 e. The molecule has 3 N–H and O–H groups in total. The highest BCUT2D eigenvalue weighted by Crippen LogP contribution is 2.36. The van der Waals surface area contributed by atoms with Crippen LogP contribution >= 0.6 is 0 Å². The normalized spacial score (nSPS) is 19.5. The lowest BCUT2D eigenvalue weighted by molar-refractivity contribution is -0.385. The number of aliphatic hydroxyl groups excluding tert-OH is 1. The zero-order valence-corrected chi connectivity index (χ0v) is 21.2. The Labute approximate surface area is 211 Å². The number of aromatic nitrogens is 1. The van der Waals surface area contributed by atoms with E-state index in [4.69, 9.17) is 24.1 Å². The van der Waals surface area contributed by atoms with Crippen molar-refractivity contribution in [2.75, 3.05) is 58.0 Å². The molecule has 0 spiro atoms. The van der Waals surface area contributed by atoms with Gasteiger partial charge in [0.15, 0.2) is 5.76 Å². The van der Waals surface area contributed by atoms with Gasteiger partial charge in [-0.1, -0.05) is 13.8 Å². The van der Waals surface area contributed by atoms with Gasteiger partial charge < -0.3 is 34.7 Å². The van der Waals surface area contributed by atoms with Crippen LogP contribution in [-0.2, 0) is 23.7 Å². The van der Waals surface area contributed by atoms with E-state index >= 15 is 0 Å². The fourth-order valence-corrected chi connectivity index (χ4v) is 3.86. The van der Waals surface area contributed by atoms with Gasteiger partial charge in [0.05, 0.1) is 31.4 Å². The molecule has 0 saturated carbocycles. The highest BCUT2D eigenvalue weighted by molar-refractivity contribution is 5.91. The number of aliphatic hydroxyl groups is 1. The largest absolute Gasteiger partial charge is 0.459 e. The number of hydrogen-bond donors (Lipinski definition) is 3. The van der Waals surface area contributed by atoms with Gasteiger partial charge in [-0.05, 0) is 37.3 Å². The number of allylic oxidation sites excluding steroid dienone is 1. The molecule has 12 nitrogen and oxygen atoms in total. The lowest BCUT2D eigenvalue weighted by Crippen LogP contribution is -2.42. The molecule has 0 saturated heterocycles. The minimum atomic E-state index is -0.565. The Balaban J connectivity index is 1.88. The van der Waals surface area contributed by atoms with Crippen molar-refractivity contribution in [3.8, 4) is 0 Å². The molecule has 1 amide bonds. The topological polar surface area (TPSA) is 154 Å². The summed E-state index contributed by atoms with van der Waals surface area (Å²) in [5, 5.41) is 25.3. The first kappa shape index (κ1) is 29.4. The molecule has 2 rings (SSSR count). The zero-order valence-electron chi connectivity index (χ0n) is 21.2. The first-order valence-corrected chi connectivity index (χ1v) is 12.3. The van der Waals surface area contributed by atoms with Crippen molar-refractivity contribution in [3.05, 3.63) is 40.3 Å². The average molecular weight is 511 g/mol. The van der Waals surface area contributed by atoms with Crippen LogP contribution < -0.4 is 10.6 Å². The molecule has 0 bridgehead atoms. The summed E-state index contributed by atoms with van der Waals surface area (Å²) in [5.41, 5.74) is -0.0873. The molecule has 12 heteroatoms. The van der Waals surface area contributed by atoms with E-state index in [0.717, 1.165) is 0 Å². The second kappa shape index (κ2) is 16.0. The molecule has 0 radical (unpaired) electrons. The number of carbonyl (C=O) groups is 1. The molecule has 202 valence electrons. The van der Waals surface area contributed by atoms with Crippen LogP contribution in [-0.4, -0.2) is 79.9 Å². The molecule has 1 aliphatic rings. The predicted molar refractivity (Wildman–Crippen MR) is 132 cm³/mol. The van der Waals surface area contributed by atoms with Crippen LogP contribution in [0.4, 0.5) is 11.5 Å². The van der Waals surface area contributed by atoms with Crippen molar-refractivity contribution in [2.45, 2.75) is 33.5 Å². The van der Waals surface area contributed by atoms with Crippen molar-refractivity contribution in [2.24, 2.45) is 17.8 Å². The van der Waals surface area contributed by atoms with Gasteiger partial charge in [-0.2, -0.15) is 0 Å². The summed E-state index contributed by atoms with van der Waals surface area (Å²) in [6.45, 7) is 8.86. The fraction of sp³-hybridized carbons (Fsp3) is 0.667. The van der Waals surface area contributed by atoms with Crippen LogP contribution in [0.15, 0.2) is 30.2 Å². The molecule has 0 aliphatic carbocycles. The number of amides is 1. The fourth-order valence-electron chi connectivity index (χ4n) is 3.86. The van der Waals surface area contributed by atoms with E-state index in [1.54, 1.807) is 0 Å². The third kappa shape index (κ3) is 9.69. The Bertz CT molecular complexity index is 834. The van der Waals surface area contributed by atoms with Crippen molar-refractivity contribution < 1.29 is 33.8 Å². The van der Waals surface area contributed by atoms with Gasteiger partial charge in [0, 0.05) is 38.3 Å². The van der Waals surface area contributed by atoms with Crippen molar-refractivity contribution in [1.82, 2.24) is 10.3 Å². The van der Waals surface area contributed by atoms with E-state index in [1.807, 2.05) is 13.0 Å². The maximum absolute atomic E-state index is 12.8. The van der Waals surface area contributed by atoms with E-state index in [9.17, 15) is 14.9 Å². The first-order chi connectivity index (χ1) is 17.4. The van der Waals surface area contributed by atoms with Crippen molar-refractivity contribution >= 4 is 17.4 Å². The quantitative estimate of drug-likeness (QED) is 0.161. The maximum Gasteiger partial charge on any atom is 0.287 e. The van der Waals surface area contributed by atoms with Crippen LogP contribution in [0.5, 0.6) is 0 Å². The predicted octanol–water partition coefficient (Wildman–Crippen LogP) is 2.10. The van der Waals surface area contributed by atoms with E-state index in [0.29, 0.717) is 58.4 Å². The van der Waals surface area contributed by atoms with Crippen LogP contribution in [0, 0.1) is 27.9 Å². The van der Waals surface area contributed by atoms with Gasteiger partial charge in [0.2, 0.25) is 6.29 Å². The Hall–Kier alpha value is -2.80. The first-order valence-electron chi connectivity index (χ1n) is 12.3. The lowest BCUT2D eigenvalue weighted by Gasteiger charge is -2.38. The van der Waals surface area contributed by atoms with Crippen molar-refractivity contribution in [1.29, 1.82) is 0 Å². The molecule has 1 aromatic rings. The van der Waals surface area contributed by atoms with E-state index in [-0.39, 0.29) is 41.7 Å². The molecule has 1 aliphatic heterocycles. The number of pyridine rings is 1. The molecule has 1 aromatic heterocycles. The molecule has 0 fully saturated rings. The monoisotopic (exact) mass is 510 g/mol.